The molecular weight excluding hydrogens is 288 g/mol. The summed E-state index contributed by atoms with van der Waals surface area (Å²) in [7, 11) is 3.83. The largest absolute Gasteiger partial charge is 0.379 e. The Morgan fingerprint density at radius 3 is 2.61 bits per heavy atom. The zero-order valence-corrected chi connectivity index (χ0v) is 14.8. The maximum atomic E-state index is 12.6. The van der Waals surface area contributed by atoms with Gasteiger partial charge in [-0.2, -0.15) is 0 Å². The molecule has 1 fully saturated rings. The molecule has 1 aliphatic rings. The number of hydrogen-bond acceptors (Lipinski definition) is 3. The molecule has 4 heteroatoms. The first-order chi connectivity index (χ1) is 11.0. The summed E-state index contributed by atoms with van der Waals surface area (Å²) in [4.78, 5) is 14.9. The predicted molar refractivity (Wildman–Crippen MR) is 93.4 cm³/mol. The van der Waals surface area contributed by atoms with Gasteiger partial charge in [-0.15, -0.1) is 0 Å². The molecule has 0 bridgehead atoms. The SMILES string of the molecule is COC(C(C)C(=O)NC(C)Cc1ccccc1)C1CCCN1C. The van der Waals surface area contributed by atoms with E-state index in [4.69, 9.17) is 4.74 Å². The number of benzene rings is 1. The summed E-state index contributed by atoms with van der Waals surface area (Å²) in [6, 6.07) is 10.7. The van der Waals surface area contributed by atoms with Crippen LogP contribution in [0.1, 0.15) is 32.3 Å². The normalized spacial score (nSPS) is 22.5. The van der Waals surface area contributed by atoms with Crippen LogP contribution in [0.25, 0.3) is 0 Å². The Balaban J connectivity index is 1.90. The van der Waals surface area contributed by atoms with Gasteiger partial charge in [-0.05, 0) is 45.3 Å². The van der Waals surface area contributed by atoms with Gasteiger partial charge in [0.25, 0.3) is 0 Å². The average molecular weight is 318 g/mol. The Bertz CT molecular complexity index is 491. The van der Waals surface area contributed by atoms with Crippen LogP contribution in [0.5, 0.6) is 0 Å². The van der Waals surface area contributed by atoms with Crippen LogP contribution in [-0.4, -0.2) is 49.7 Å². The fourth-order valence-corrected chi connectivity index (χ4v) is 3.59. The third-order valence-electron chi connectivity index (χ3n) is 4.91. The number of ether oxygens (including phenoxy) is 1. The van der Waals surface area contributed by atoms with Gasteiger partial charge in [0, 0.05) is 19.2 Å². The lowest BCUT2D eigenvalue weighted by Crippen LogP contribution is -2.48. The Hall–Kier alpha value is -1.39. The molecule has 1 heterocycles. The van der Waals surface area contributed by atoms with Crippen molar-refractivity contribution in [3.05, 3.63) is 35.9 Å². The number of likely N-dealkylation sites (N-methyl/N-ethyl adjacent to an activating group) is 1. The van der Waals surface area contributed by atoms with Crippen LogP contribution in [0.3, 0.4) is 0 Å². The summed E-state index contributed by atoms with van der Waals surface area (Å²) >= 11 is 0. The summed E-state index contributed by atoms with van der Waals surface area (Å²) in [5.74, 6) is -0.0654. The van der Waals surface area contributed by atoms with Crippen molar-refractivity contribution in [2.24, 2.45) is 5.92 Å². The summed E-state index contributed by atoms with van der Waals surface area (Å²) in [6.07, 6.45) is 3.08. The summed E-state index contributed by atoms with van der Waals surface area (Å²) in [6.45, 7) is 5.12. The number of amides is 1. The van der Waals surface area contributed by atoms with E-state index in [1.165, 1.54) is 12.0 Å². The molecule has 0 aromatic heterocycles. The zero-order chi connectivity index (χ0) is 16.8. The Morgan fingerprint density at radius 2 is 2.04 bits per heavy atom. The quantitative estimate of drug-likeness (QED) is 0.840. The van der Waals surface area contributed by atoms with Crippen molar-refractivity contribution in [2.75, 3.05) is 20.7 Å². The fraction of sp³-hybridized carbons (Fsp3) is 0.632. The summed E-state index contributed by atoms with van der Waals surface area (Å²) in [5.41, 5.74) is 1.24. The van der Waals surface area contributed by atoms with Crippen molar-refractivity contribution >= 4 is 5.91 Å². The maximum absolute atomic E-state index is 12.6. The molecule has 4 atom stereocenters. The lowest BCUT2D eigenvalue weighted by atomic mass is 9.94. The molecule has 1 saturated heterocycles. The number of nitrogens with zero attached hydrogens (tertiary/aromatic N) is 1. The summed E-state index contributed by atoms with van der Waals surface area (Å²) in [5, 5.41) is 3.14. The van der Waals surface area contributed by atoms with Crippen LogP contribution >= 0.6 is 0 Å². The van der Waals surface area contributed by atoms with Crippen LogP contribution in [-0.2, 0) is 16.0 Å². The van der Waals surface area contributed by atoms with E-state index in [1.54, 1.807) is 7.11 Å². The number of carbonyl (C=O) groups is 1. The van der Waals surface area contributed by atoms with E-state index in [0.717, 1.165) is 19.4 Å². The van der Waals surface area contributed by atoms with Crippen molar-refractivity contribution in [3.8, 4) is 0 Å². The Morgan fingerprint density at radius 1 is 1.35 bits per heavy atom. The smallest absolute Gasteiger partial charge is 0.225 e. The minimum Gasteiger partial charge on any atom is -0.379 e. The molecule has 2 rings (SSSR count). The highest BCUT2D eigenvalue weighted by Gasteiger charge is 2.36. The maximum Gasteiger partial charge on any atom is 0.225 e. The van der Waals surface area contributed by atoms with Gasteiger partial charge in [0.05, 0.1) is 12.0 Å². The highest BCUT2D eigenvalue weighted by Crippen LogP contribution is 2.24. The number of hydrogen-bond donors (Lipinski definition) is 1. The first kappa shape index (κ1) is 18.0. The van der Waals surface area contributed by atoms with E-state index in [2.05, 4.69) is 36.3 Å². The van der Waals surface area contributed by atoms with Crippen molar-refractivity contribution in [2.45, 2.75) is 51.3 Å². The second kappa shape index (κ2) is 8.46. The van der Waals surface area contributed by atoms with Crippen LogP contribution in [0.15, 0.2) is 30.3 Å². The number of rotatable bonds is 7. The number of likely N-dealkylation sites (tertiary alicyclic amines) is 1. The van der Waals surface area contributed by atoms with E-state index in [-0.39, 0.29) is 24.0 Å². The minimum atomic E-state index is -0.149. The monoisotopic (exact) mass is 318 g/mol. The van der Waals surface area contributed by atoms with Crippen LogP contribution in [0.2, 0.25) is 0 Å². The second-order valence-corrected chi connectivity index (χ2v) is 6.78. The Kier molecular flexibility index (Phi) is 6.60. The second-order valence-electron chi connectivity index (χ2n) is 6.78. The predicted octanol–water partition coefficient (Wildman–Crippen LogP) is 2.48. The molecular formula is C19H30N2O2. The van der Waals surface area contributed by atoms with Crippen LogP contribution in [0.4, 0.5) is 0 Å². The van der Waals surface area contributed by atoms with Gasteiger partial charge in [0.15, 0.2) is 0 Å². The van der Waals surface area contributed by atoms with Gasteiger partial charge >= 0.3 is 0 Å². The van der Waals surface area contributed by atoms with Crippen molar-refractivity contribution in [1.29, 1.82) is 0 Å². The minimum absolute atomic E-state index is 0.0496. The van der Waals surface area contributed by atoms with Gasteiger partial charge in [-0.25, -0.2) is 0 Å². The van der Waals surface area contributed by atoms with E-state index in [0.29, 0.717) is 6.04 Å². The third kappa shape index (κ3) is 4.79. The molecule has 1 aliphatic heterocycles. The van der Waals surface area contributed by atoms with E-state index in [9.17, 15) is 4.79 Å². The van der Waals surface area contributed by atoms with Gasteiger partial charge < -0.3 is 15.0 Å². The molecule has 0 aliphatic carbocycles. The van der Waals surface area contributed by atoms with Gasteiger partial charge in [-0.1, -0.05) is 37.3 Å². The molecule has 0 saturated carbocycles. The van der Waals surface area contributed by atoms with Crippen LogP contribution < -0.4 is 5.32 Å². The molecule has 1 amide bonds. The van der Waals surface area contributed by atoms with Gasteiger partial charge in [0.2, 0.25) is 5.91 Å². The highest BCUT2D eigenvalue weighted by atomic mass is 16.5. The lowest BCUT2D eigenvalue weighted by Gasteiger charge is -2.32. The lowest BCUT2D eigenvalue weighted by molar-refractivity contribution is -0.131. The molecule has 4 nitrogen and oxygen atoms in total. The average Bonchev–Trinajstić information content (AvgIpc) is 2.95. The molecule has 1 N–H and O–H groups in total. The van der Waals surface area contributed by atoms with Gasteiger partial charge in [0.1, 0.15) is 0 Å². The van der Waals surface area contributed by atoms with Crippen molar-refractivity contribution in [1.82, 2.24) is 10.2 Å². The van der Waals surface area contributed by atoms with Gasteiger partial charge in [-0.3, -0.25) is 4.79 Å². The first-order valence-electron chi connectivity index (χ1n) is 8.60. The van der Waals surface area contributed by atoms with E-state index < -0.39 is 0 Å². The molecule has 23 heavy (non-hydrogen) atoms. The molecule has 1 aromatic rings. The van der Waals surface area contributed by atoms with Crippen LogP contribution in [0, 0.1) is 5.92 Å². The highest BCUT2D eigenvalue weighted by molar-refractivity contribution is 5.79. The summed E-state index contributed by atoms with van der Waals surface area (Å²) < 4.78 is 5.68. The molecule has 128 valence electrons. The number of carbonyl (C=O) groups excluding carboxylic acids is 1. The third-order valence-corrected chi connectivity index (χ3v) is 4.91. The molecule has 0 radical (unpaired) electrons. The van der Waals surface area contributed by atoms with Crippen molar-refractivity contribution in [3.63, 3.8) is 0 Å². The zero-order valence-electron chi connectivity index (χ0n) is 14.8. The standard InChI is InChI=1S/C19H30N2O2/c1-14(13-16-9-6-5-7-10-16)20-19(22)15(2)18(23-4)17-11-8-12-21(17)3/h5-7,9-10,14-15,17-18H,8,11-13H2,1-4H3,(H,20,22). The first-order valence-corrected chi connectivity index (χ1v) is 8.60. The van der Waals surface area contributed by atoms with Crippen molar-refractivity contribution < 1.29 is 9.53 Å². The molecule has 1 aromatic carbocycles. The van der Waals surface area contributed by atoms with E-state index >= 15 is 0 Å². The number of nitrogens with one attached hydrogen (secondary N) is 1. The van der Waals surface area contributed by atoms with E-state index in [1.807, 2.05) is 25.1 Å². The molecule has 0 spiro atoms. The molecule has 4 unspecified atom stereocenters. The number of methoxy groups -OCH3 is 1. The Labute approximate surface area is 140 Å². The topological polar surface area (TPSA) is 41.6 Å². The fourth-order valence-electron chi connectivity index (χ4n) is 3.59.